The summed E-state index contributed by atoms with van der Waals surface area (Å²) < 4.78 is 0. The van der Waals surface area contributed by atoms with Crippen LogP contribution < -0.4 is 0 Å². The van der Waals surface area contributed by atoms with Crippen molar-refractivity contribution in [2.75, 3.05) is 0 Å². The SMILES string of the molecule is C=C.CC=N/C(=C\C)c1ccc(C(C)C)cc1. The molecule has 1 aromatic rings. The van der Waals surface area contributed by atoms with Crippen LogP contribution >= 0.6 is 0 Å². The number of allylic oxidation sites excluding steroid dienone is 1. The van der Waals surface area contributed by atoms with E-state index in [2.05, 4.69) is 56.3 Å². The lowest BCUT2D eigenvalue weighted by Gasteiger charge is -2.06. The first kappa shape index (κ1) is 15.4. The average Bonchev–Trinajstić information content (AvgIpc) is 2.38. The third kappa shape index (κ3) is 4.81. The standard InChI is InChI=1S/C14H19N.C2H4/c1-5-14(15-6-2)13-9-7-12(8-10-13)11(3)4;1-2/h5-11H,1-4H3;1-2H2/b14-5-,15-6?;. The molecule has 0 aromatic heterocycles. The number of hydrogen-bond donors (Lipinski definition) is 0. The van der Waals surface area contributed by atoms with Gasteiger partial charge in [0.1, 0.15) is 0 Å². The van der Waals surface area contributed by atoms with Gasteiger partial charge in [0.15, 0.2) is 0 Å². The monoisotopic (exact) mass is 229 g/mol. The maximum absolute atomic E-state index is 4.32. The molecule has 0 heterocycles. The van der Waals surface area contributed by atoms with E-state index in [0.29, 0.717) is 5.92 Å². The van der Waals surface area contributed by atoms with E-state index >= 15 is 0 Å². The Kier molecular flexibility index (Phi) is 7.70. The summed E-state index contributed by atoms with van der Waals surface area (Å²) in [5.41, 5.74) is 3.59. The molecule has 92 valence electrons. The molecule has 0 saturated carbocycles. The normalized spacial score (nSPS) is 11.5. The highest BCUT2D eigenvalue weighted by atomic mass is 14.7. The quantitative estimate of drug-likeness (QED) is 0.507. The van der Waals surface area contributed by atoms with E-state index in [-0.39, 0.29) is 0 Å². The Morgan fingerprint density at radius 2 is 1.65 bits per heavy atom. The predicted molar refractivity (Wildman–Crippen MR) is 79.6 cm³/mol. The van der Waals surface area contributed by atoms with Crippen LogP contribution in [0.2, 0.25) is 0 Å². The summed E-state index contributed by atoms with van der Waals surface area (Å²) >= 11 is 0. The van der Waals surface area contributed by atoms with Gasteiger partial charge in [-0.15, -0.1) is 13.2 Å². The van der Waals surface area contributed by atoms with E-state index in [1.54, 1.807) is 0 Å². The Morgan fingerprint density at radius 3 is 2.00 bits per heavy atom. The van der Waals surface area contributed by atoms with Gasteiger partial charge in [0.05, 0.1) is 5.70 Å². The largest absolute Gasteiger partial charge is 0.261 e. The summed E-state index contributed by atoms with van der Waals surface area (Å²) in [6.07, 6.45) is 3.86. The summed E-state index contributed by atoms with van der Waals surface area (Å²) in [5, 5.41) is 0. The third-order valence-corrected chi connectivity index (χ3v) is 2.41. The predicted octanol–water partition coefficient (Wildman–Crippen LogP) is 5.06. The first-order valence-electron chi connectivity index (χ1n) is 5.94. The van der Waals surface area contributed by atoms with Gasteiger partial charge in [0, 0.05) is 6.21 Å². The smallest absolute Gasteiger partial charge is 0.0655 e. The second-order valence-corrected chi connectivity index (χ2v) is 3.84. The molecule has 0 aliphatic rings. The Balaban J connectivity index is 0.00000121. The van der Waals surface area contributed by atoms with E-state index in [1.165, 1.54) is 11.1 Å². The van der Waals surface area contributed by atoms with Crippen LogP contribution in [0.25, 0.3) is 5.70 Å². The molecule has 1 heteroatoms. The van der Waals surface area contributed by atoms with E-state index in [4.69, 9.17) is 0 Å². The van der Waals surface area contributed by atoms with Crippen LogP contribution in [0.15, 0.2) is 48.5 Å². The van der Waals surface area contributed by atoms with E-state index in [9.17, 15) is 0 Å². The first-order chi connectivity index (χ1) is 8.19. The van der Waals surface area contributed by atoms with Crippen molar-refractivity contribution in [3.63, 3.8) is 0 Å². The molecule has 0 aliphatic heterocycles. The lowest BCUT2D eigenvalue weighted by atomic mass is 10.0. The highest BCUT2D eigenvalue weighted by Crippen LogP contribution is 2.19. The molecule has 0 radical (unpaired) electrons. The molecule has 17 heavy (non-hydrogen) atoms. The minimum atomic E-state index is 0.586. The third-order valence-electron chi connectivity index (χ3n) is 2.41. The van der Waals surface area contributed by atoms with E-state index < -0.39 is 0 Å². The summed E-state index contributed by atoms with van der Waals surface area (Å²) in [6.45, 7) is 14.4. The molecular formula is C16H23N. The fourth-order valence-corrected chi connectivity index (χ4v) is 1.49. The molecule has 0 unspecified atom stereocenters. The fourth-order valence-electron chi connectivity index (χ4n) is 1.49. The Labute approximate surface area is 106 Å². The Bertz CT molecular complexity index is 369. The fraction of sp³-hybridized carbons (Fsp3) is 0.312. The number of nitrogens with zero attached hydrogens (tertiary/aromatic N) is 1. The minimum Gasteiger partial charge on any atom is -0.261 e. The lowest BCUT2D eigenvalue weighted by Crippen LogP contribution is -1.88. The van der Waals surface area contributed by atoms with Gasteiger partial charge in [-0.1, -0.05) is 44.2 Å². The van der Waals surface area contributed by atoms with Gasteiger partial charge in [-0.3, -0.25) is 4.99 Å². The molecule has 1 rings (SSSR count). The van der Waals surface area contributed by atoms with Gasteiger partial charge in [-0.25, -0.2) is 0 Å². The van der Waals surface area contributed by atoms with E-state index in [1.807, 2.05) is 26.1 Å². The highest BCUT2D eigenvalue weighted by Gasteiger charge is 2.00. The zero-order valence-electron chi connectivity index (χ0n) is 11.4. The lowest BCUT2D eigenvalue weighted by molar-refractivity contribution is 0.866. The minimum absolute atomic E-state index is 0.586. The molecule has 0 bridgehead atoms. The highest BCUT2D eigenvalue weighted by molar-refractivity contribution is 5.72. The topological polar surface area (TPSA) is 12.4 Å². The van der Waals surface area contributed by atoms with Gasteiger partial charge in [0.25, 0.3) is 0 Å². The van der Waals surface area contributed by atoms with Crippen molar-refractivity contribution in [3.05, 3.63) is 54.6 Å². The van der Waals surface area contributed by atoms with Crippen molar-refractivity contribution in [2.24, 2.45) is 4.99 Å². The number of rotatable bonds is 3. The van der Waals surface area contributed by atoms with Gasteiger partial charge in [-0.05, 0) is 30.9 Å². The van der Waals surface area contributed by atoms with Crippen molar-refractivity contribution in [2.45, 2.75) is 33.6 Å². The van der Waals surface area contributed by atoms with Gasteiger partial charge >= 0.3 is 0 Å². The van der Waals surface area contributed by atoms with Crippen molar-refractivity contribution in [1.29, 1.82) is 0 Å². The maximum Gasteiger partial charge on any atom is 0.0655 e. The molecule has 0 amide bonds. The summed E-state index contributed by atoms with van der Waals surface area (Å²) in [5.74, 6) is 0.586. The molecule has 1 nitrogen and oxygen atoms in total. The molecule has 0 atom stereocenters. The van der Waals surface area contributed by atoms with E-state index in [0.717, 1.165) is 5.70 Å². The maximum atomic E-state index is 4.32. The van der Waals surface area contributed by atoms with Crippen LogP contribution in [0.5, 0.6) is 0 Å². The van der Waals surface area contributed by atoms with Crippen LogP contribution in [-0.4, -0.2) is 6.21 Å². The molecule has 0 N–H and O–H groups in total. The second kappa shape index (κ2) is 8.51. The number of aliphatic imine (C=N–C) groups is 1. The van der Waals surface area contributed by atoms with Gasteiger partial charge in [0.2, 0.25) is 0 Å². The molecule has 1 aromatic carbocycles. The first-order valence-corrected chi connectivity index (χ1v) is 5.94. The molecule has 0 fully saturated rings. The van der Waals surface area contributed by atoms with Crippen molar-refractivity contribution in [3.8, 4) is 0 Å². The number of benzene rings is 1. The number of hydrogen-bond acceptors (Lipinski definition) is 1. The zero-order chi connectivity index (χ0) is 13.3. The van der Waals surface area contributed by atoms with Crippen LogP contribution in [0, 0.1) is 0 Å². The van der Waals surface area contributed by atoms with Crippen LogP contribution in [-0.2, 0) is 0 Å². The zero-order valence-corrected chi connectivity index (χ0v) is 11.4. The van der Waals surface area contributed by atoms with Gasteiger partial charge < -0.3 is 0 Å². The summed E-state index contributed by atoms with van der Waals surface area (Å²) in [4.78, 5) is 4.32. The van der Waals surface area contributed by atoms with Crippen molar-refractivity contribution in [1.82, 2.24) is 0 Å². The van der Waals surface area contributed by atoms with Crippen molar-refractivity contribution < 1.29 is 0 Å². The van der Waals surface area contributed by atoms with Crippen molar-refractivity contribution >= 4 is 11.9 Å². The van der Waals surface area contributed by atoms with Crippen LogP contribution in [0.1, 0.15) is 44.7 Å². The summed E-state index contributed by atoms with van der Waals surface area (Å²) in [7, 11) is 0. The second-order valence-electron chi connectivity index (χ2n) is 3.84. The molecule has 0 spiro atoms. The Hall–Kier alpha value is -1.63. The Morgan fingerprint density at radius 1 is 1.12 bits per heavy atom. The van der Waals surface area contributed by atoms with Crippen LogP contribution in [0.3, 0.4) is 0 Å². The molecule has 0 saturated heterocycles. The van der Waals surface area contributed by atoms with Gasteiger partial charge in [-0.2, -0.15) is 0 Å². The molecule has 0 aliphatic carbocycles. The summed E-state index contributed by atoms with van der Waals surface area (Å²) in [6, 6.07) is 8.62. The van der Waals surface area contributed by atoms with Crippen LogP contribution in [0.4, 0.5) is 0 Å². The molecular weight excluding hydrogens is 206 g/mol. The average molecular weight is 229 g/mol.